The minimum Gasteiger partial charge on any atom is -0.494 e. The molecular weight excluding hydrogens is 502 g/mol. The summed E-state index contributed by atoms with van der Waals surface area (Å²) in [6.07, 6.45) is 2.38. The minimum absolute atomic E-state index is 0.0140. The Morgan fingerprint density at radius 2 is 1.69 bits per heavy atom. The Kier molecular flexibility index (Phi) is 9.72. The van der Waals surface area contributed by atoms with Crippen molar-refractivity contribution in [3.05, 3.63) is 83.4 Å². The maximum Gasteiger partial charge on any atom is 0.264 e. The molecule has 190 valence electrons. The summed E-state index contributed by atoms with van der Waals surface area (Å²) in [5, 5.41) is 4.37. The summed E-state index contributed by atoms with van der Waals surface area (Å²) in [7, 11) is -4.13. The first kappa shape index (κ1) is 27.0. The van der Waals surface area contributed by atoms with E-state index in [0.29, 0.717) is 24.0 Å². The van der Waals surface area contributed by atoms with Crippen LogP contribution in [-0.2, 0) is 14.8 Å². The minimum atomic E-state index is -4.13. The van der Waals surface area contributed by atoms with E-state index in [2.05, 4.69) is 10.5 Å². The van der Waals surface area contributed by atoms with E-state index < -0.39 is 22.5 Å². The molecule has 0 heterocycles. The zero-order chi connectivity index (χ0) is 26.0. The molecule has 0 atom stereocenters. The molecule has 3 aromatic carbocycles. The van der Waals surface area contributed by atoms with Crippen molar-refractivity contribution in [1.29, 1.82) is 0 Å². The van der Waals surface area contributed by atoms with Crippen LogP contribution in [0.25, 0.3) is 0 Å². The van der Waals surface area contributed by atoms with E-state index in [0.717, 1.165) is 22.0 Å². The van der Waals surface area contributed by atoms with Gasteiger partial charge in [0.25, 0.3) is 15.9 Å². The van der Waals surface area contributed by atoms with Crippen LogP contribution in [0.3, 0.4) is 0 Å². The van der Waals surface area contributed by atoms with E-state index in [-0.39, 0.29) is 10.6 Å². The molecule has 3 rings (SSSR count). The number of carbonyl (C=O) groups is 1. The summed E-state index contributed by atoms with van der Waals surface area (Å²) in [6, 6.07) is 19.6. The second-order valence-electron chi connectivity index (χ2n) is 7.58. The molecule has 0 aliphatic carbocycles. The molecule has 0 bridgehead atoms. The van der Waals surface area contributed by atoms with Crippen molar-refractivity contribution in [2.75, 3.05) is 24.1 Å². The topological polar surface area (TPSA) is 97.3 Å². The maximum absolute atomic E-state index is 13.5. The van der Waals surface area contributed by atoms with Gasteiger partial charge >= 0.3 is 0 Å². The Balaban J connectivity index is 1.81. The Morgan fingerprint density at radius 3 is 2.36 bits per heavy atom. The molecule has 1 amide bonds. The number of ether oxygens (including phenoxy) is 2. The molecule has 0 aliphatic heterocycles. The molecule has 0 radical (unpaired) electrons. The highest BCUT2D eigenvalue weighted by molar-refractivity contribution is 7.92. The summed E-state index contributed by atoms with van der Waals surface area (Å²) in [5.74, 6) is 0.450. The van der Waals surface area contributed by atoms with Gasteiger partial charge in [-0.1, -0.05) is 30.7 Å². The third-order valence-electron chi connectivity index (χ3n) is 4.88. The first-order valence-corrected chi connectivity index (χ1v) is 13.2. The van der Waals surface area contributed by atoms with Gasteiger partial charge < -0.3 is 9.47 Å². The number of benzene rings is 3. The van der Waals surface area contributed by atoms with Crippen molar-refractivity contribution < 1.29 is 22.7 Å². The van der Waals surface area contributed by atoms with E-state index in [1.807, 2.05) is 19.1 Å². The highest BCUT2D eigenvalue weighted by atomic mass is 35.5. The number of para-hydroxylation sites is 2. The van der Waals surface area contributed by atoms with Gasteiger partial charge in [0.05, 0.1) is 30.0 Å². The fourth-order valence-corrected chi connectivity index (χ4v) is 4.75. The summed E-state index contributed by atoms with van der Waals surface area (Å²) in [4.78, 5) is 12.8. The number of hydrazone groups is 1. The number of hydrogen-bond acceptors (Lipinski definition) is 6. The number of nitrogens with zero attached hydrogens (tertiary/aromatic N) is 2. The number of nitrogens with one attached hydrogen (secondary N) is 1. The molecule has 3 aromatic rings. The van der Waals surface area contributed by atoms with Gasteiger partial charge in [0.1, 0.15) is 18.0 Å². The van der Waals surface area contributed by atoms with Crippen LogP contribution in [0.4, 0.5) is 5.69 Å². The predicted octanol–water partition coefficient (Wildman–Crippen LogP) is 4.87. The lowest BCUT2D eigenvalue weighted by Crippen LogP contribution is -2.39. The molecule has 0 aliphatic rings. The second-order valence-corrected chi connectivity index (χ2v) is 9.88. The Hall–Kier alpha value is -3.56. The standard InChI is InChI=1S/C26H28ClN3O5S/c1-3-17-35-22-13-9-20(10-14-22)18-28-29-26(31)19-30(24-7-5-6-8-25(24)34-4-2)36(32,33)23-15-11-21(27)12-16-23/h5-16,18H,3-4,17,19H2,1-2H3,(H,29,31)/b28-18-. The van der Waals surface area contributed by atoms with Gasteiger partial charge in [0, 0.05) is 5.02 Å². The number of hydrogen-bond donors (Lipinski definition) is 1. The van der Waals surface area contributed by atoms with E-state index in [9.17, 15) is 13.2 Å². The van der Waals surface area contributed by atoms with Crippen LogP contribution in [-0.4, -0.2) is 40.3 Å². The average molecular weight is 530 g/mol. The number of rotatable bonds is 12. The predicted molar refractivity (Wildman–Crippen MR) is 142 cm³/mol. The Labute approximate surface area is 216 Å². The van der Waals surface area contributed by atoms with Crippen molar-refractivity contribution in [2.45, 2.75) is 25.2 Å². The molecule has 0 aromatic heterocycles. The quantitative estimate of drug-likeness (QED) is 0.266. The molecule has 0 unspecified atom stereocenters. The van der Waals surface area contributed by atoms with Gasteiger partial charge in [0.2, 0.25) is 0 Å². The number of halogens is 1. The third kappa shape index (κ3) is 7.22. The molecule has 36 heavy (non-hydrogen) atoms. The van der Waals surface area contributed by atoms with Gasteiger partial charge in [0.15, 0.2) is 0 Å². The number of amides is 1. The first-order valence-electron chi connectivity index (χ1n) is 11.4. The van der Waals surface area contributed by atoms with E-state index in [1.165, 1.54) is 30.5 Å². The van der Waals surface area contributed by atoms with E-state index >= 15 is 0 Å². The first-order chi connectivity index (χ1) is 17.3. The fraction of sp³-hybridized carbons (Fsp3) is 0.231. The van der Waals surface area contributed by atoms with Gasteiger partial charge in [-0.15, -0.1) is 0 Å². The molecule has 0 spiro atoms. The number of carbonyl (C=O) groups excluding carboxylic acids is 1. The zero-order valence-corrected chi connectivity index (χ0v) is 21.6. The smallest absolute Gasteiger partial charge is 0.264 e. The largest absolute Gasteiger partial charge is 0.494 e. The molecule has 0 fully saturated rings. The zero-order valence-electron chi connectivity index (χ0n) is 20.1. The van der Waals surface area contributed by atoms with Crippen LogP contribution in [0.2, 0.25) is 5.02 Å². The normalized spacial score (nSPS) is 11.3. The summed E-state index contributed by atoms with van der Waals surface area (Å²) in [5.41, 5.74) is 3.37. The van der Waals surface area contributed by atoms with Gasteiger partial charge in [-0.2, -0.15) is 5.10 Å². The average Bonchev–Trinajstić information content (AvgIpc) is 2.88. The van der Waals surface area contributed by atoms with Crippen LogP contribution >= 0.6 is 11.6 Å². The SMILES string of the molecule is CCCOc1ccc(/C=N\NC(=O)CN(c2ccccc2OCC)S(=O)(=O)c2ccc(Cl)cc2)cc1. The lowest BCUT2D eigenvalue weighted by atomic mass is 10.2. The molecular formula is C26H28ClN3O5S. The van der Waals surface area contributed by atoms with Crippen LogP contribution in [0, 0.1) is 0 Å². The lowest BCUT2D eigenvalue weighted by molar-refractivity contribution is -0.119. The summed E-state index contributed by atoms with van der Waals surface area (Å²) >= 11 is 5.93. The molecule has 0 saturated carbocycles. The molecule has 8 nitrogen and oxygen atoms in total. The van der Waals surface area contributed by atoms with E-state index in [1.54, 1.807) is 43.3 Å². The van der Waals surface area contributed by atoms with Crippen molar-refractivity contribution in [1.82, 2.24) is 5.43 Å². The number of anilines is 1. The molecule has 1 N–H and O–H groups in total. The van der Waals surface area contributed by atoms with Crippen LogP contribution in [0.5, 0.6) is 11.5 Å². The van der Waals surface area contributed by atoms with Crippen LogP contribution < -0.4 is 19.2 Å². The Bertz CT molecular complexity index is 1280. The fourth-order valence-electron chi connectivity index (χ4n) is 3.19. The second kappa shape index (κ2) is 12.9. The lowest BCUT2D eigenvalue weighted by Gasteiger charge is -2.25. The number of sulfonamides is 1. The van der Waals surface area contributed by atoms with Crippen molar-refractivity contribution >= 4 is 39.4 Å². The summed E-state index contributed by atoms with van der Waals surface area (Å²) in [6.45, 7) is 4.26. The maximum atomic E-state index is 13.5. The van der Waals surface area contributed by atoms with Gasteiger partial charge in [-0.25, -0.2) is 13.8 Å². The highest BCUT2D eigenvalue weighted by Gasteiger charge is 2.29. The van der Waals surface area contributed by atoms with Crippen molar-refractivity contribution in [2.24, 2.45) is 5.10 Å². The summed E-state index contributed by atoms with van der Waals surface area (Å²) < 4.78 is 39.2. The monoisotopic (exact) mass is 529 g/mol. The van der Waals surface area contributed by atoms with Crippen LogP contribution in [0.15, 0.2) is 82.8 Å². The molecule has 0 saturated heterocycles. The van der Waals surface area contributed by atoms with Gasteiger partial charge in [-0.05, 0) is 79.6 Å². The van der Waals surface area contributed by atoms with Crippen molar-refractivity contribution in [3.63, 3.8) is 0 Å². The van der Waals surface area contributed by atoms with Gasteiger partial charge in [-0.3, -0.25) is 9.10 Å². The van der Waals surface area contributed by atoms with E-state index in [4.69, 9.17) is 21.1 Å². The molecule has 10 heteroatoms. The highest BCUT2D eigenvalue weighted by Crippen LogP contribution is 2.32. The van der Waals surface area contributed by atoms with Crippen molar-refractivity contribution in [3.8, 4) is 11.5 Å². The third-order valence-corrected chi connectivity index (χ3v) is 6.90. The Morgan fingerprint density at radius 1 is 1.00 bits per heavy atom. The van der Waals surface area contributed by atoms with Crippen LogP contribution in [0.1, 0.15) is 25.8 Å².